The van der Waals surface area contributed by atoms with Crippen molar-refractivity contribution < 1.29 is 24.2 Å². The highest BCUT2D eigenvalue weighted by molar-refractivity contribution is 5.94. The first-order valence-electron chi connectivity index (χ1n) is 14.7. The monoisotopic (exact) mass is 579 g/mol. The Morgan fingerprint density at radius 1 is 1.02 bits per heavy atom. The summed E-state index contributed by atoms with van der Waals surface area (Å²) >= 11 is 0. The number of carbonyl (C=O) groups is 2. The molecule has 1 fully saturated rings. The third-order valence-corrected chi connectivity index (χ3v) is 8.63. The number of likely N-dealkylation sites (tertiary alicyclic amines) is 1. The predicted molar refractivity (Wildman–Crippen MR) is 166 cm³/mol. The van der Waals surface area contributed by atoms with Crippen LogP contribution in [-0.4, -0.2) is 45.7 Å². The van der Waals surface area contributed by atoms with Gasteiger partial charge in [-0.05, 0) is 91.9 Å². The molecule has 8 heteroatoms. The number of aromatic nitrogens is 1. The van der Waals surface area contributed by atoms with Crippen LogP contribution in [-0.2, 0) is 21.4 Å². The molecular formula is C35H37N3O5. The molecule has 1 spiro atoms. The van der Waals surface area contributed by atoms with Gasteiger partial charge in [-0.3, -0.25) is 4.79 Å². The van der Waals surface area contributed by atoms with Crippen molar-refractivity contribution in [2.24, 2.45) is 0 Å². The minimum Gasteiger partial charge on any atom is -0.485 e. The molecular weight excluding hydrogens is 542 g/mol. The number of ether oxygens (including phenoxy) is 2. The van der Waals surface area contributed by atoms with Crippen LogP contribution in [0.4, 0.5) is 10.6 Å². The lowest BCUT2D eigenvalue weighted by Gasteiger charge is -2.40. The molecule has 1 amide bonds. The van der Waals surface area contributed by atoms with Crippen LogP contribution in [0.3, 0.4) is 0 Å². The van der Waals surface area contributed by atoms with E-state index in [1.807, 2.05) is 45.0 Å². The van der Waals surface area contributed by atoms with E-state index in [1.165, 1.54) is 5.56 Å². The van der Waals surface area contributed by atoms with Crippen molar-refractivity contribution in [1.82, 2.24) is 9.88 Å². The molecule has 1 atom stereocenters. The molecule has 1 saturated heterocycles. The molecule has 3 N–H and O–H groups in total. The fraction of sp³-hybridized carbons (Fsp3) is 0.343. The van der Waals surface area contributed by atoms with Crippen LogP contribution in [0.25, 0.3) is 21.9 Å². The summed E-state index contributed by atoms with van der Waals surface area (Å²) in [4.78, 5) is 30.5. The number of rotatable bonds is 5. The van der Waals surface area contributed by atoms with E-state index in [0.717, 1.165) is 46.7 Å². The molecule has 1 aliphatic heterocycles. The Morgan fingerprint density at radius 2 is 1.74 bits per heavy atom. The van der Waals surface area contributed by atoms with Crippen LogP contribution in [0.1, 0.15) is 62.8 Å². The van der Waals surface area contributed by atoms with Gasteiger partial charge in [-0.1, -0.05) is 42.5 Å². The van der Waals surface area contributed by atoms with Gasteiger partial charge in [0, 0.05) is 35.7 Å². The second-order valence-corrected chi connectivity index (χ2v) is 12.7. The van der Waals surface area contributed by atoms with Crippen molar-refractivity contribution in [2.45, 2.75) is 63.6 Å². The highest BCUT2D eigenvalue weighted by Gasteiger charge is 2.47. The molecule has 0 saturated carbocycles. The van der Waals surface area contributed by atoms with E-state index in [4.69, 9.17) is 15.2 Å². The number of nitrogens with two attached hydrogens (primary N) is 1. The van der Waals surface area contributed by atoms with Crippen molar-refractivity contribution in [3.8, 4) is 16.9 Å². The average Bonchev–Trinajstić information content (AvgIpc) is 3.25. The predicted octanol–water partition coefficient (Wildman–Crippen LogP) is 6.90. The minimum atomic E-state index is -0.902. The maximum Gasteiger partial charge on any atom is 0.410 e. The van der Waals surface area contributed by atoms with Crippen molar-refractivity contribution in [2.75, 3.05) is 18.8 Å². The molecule has 8 nitrogen and oxygen atoms in total. The van der Waals surface area contributed by atoms with Gasteiger partial charge in [-0.15, -0.1) is 0 Å². The normalized spacial score (nSPS) is 17.6. The number of piperidine rings is 1. The van der Waals surface area contributed by atoms with E-state index in [-0.39, 0.29) is 24.0 Å². The summed E-state index contributed by atoms with van der Waals surface area (Å²) in [6.07, 6.45) is 3.36. The number of hydrogen-bond donors (Lipinski definition) is 2. The maximum atomic E-state index is 12.8. The van der Waals surface area contributed by atoms with Crippen LogP contribution in [0, 0.1) is 0 Å². The molecule has 0 unspecified atom stereocenters. The zero-order chi connectivity index (χ0) is 30.4. The number of pyridine rings is 1. The smallest absolute Gasteiger partial charge is 0.410 e. The van der Waals surface area contributed by atoms with Gasteiger partial charge in [-0.25, -0.2) is 9.78 Å². The zero-order valence-electron chi connectivity index (χ0n) is 24.8. The Balaban J connectivity index is 1.36. The van der Waals surface area contributed by atoms with Gasteiger partial charge in [0.1, 0.15) is 23.3 Å². The van der Waals surface area contributed by atoms with Crippen LogP contribution < -0.4 is 10.5 Å². The number of nitrogen functional groups attached to an aromatic ring is 1. The minimum absolute atomic E-state index is 0.113. The standard InChI is InChI=1S/C35H37N3O5/c1-34(2,3)43-33(41)38-16-13-35(14-17-38)21-30(42-29-7-5-4-6-25(29)20-31(39)40)27-19-24(10-11-28(27)35)23-9-8-22-12-15-37-32(36)26(22)18-23/h4-12,15,18-19,30H,13-14,16-17,20-21H2,1-3H3,(H2,36,37)(H,39,40)/t30-/m0/s1. The van der Waals surface area contributed by atoms with E-state index < -0.39 is 11.6 Å². The Labute approximate surface area is 251 Å². The molecule has 6 rings (SSSR count). The largest absolute Gasteiger partial charge is 0.485 e. The first-order valence-corrected chi connectivity index (χ1v) is 14.7. The number of hydrogen-bond acceptors (Lipinski definition) is 6. The summed E-state index contributed by atoms with van der Waals surface area (Å²) in [6, 6.07) is 22.1. The highest BCUT2D eigenvalue weighted by atomic mass is 16.6. The molecule has 1 aromatic heterocycles. The van der Waals surface area contributed by atoms with Crippen molar-refractivity contribution >= 4 is 28.7 Å². The molecule has 4 aromatic rings. The quantitative estimate of drug-likeness (QED) is 0.264. The van der Waals surface area contributed by atoms with Crippen LogP contribution in [0.2, 0.25) is 0 Å². The lowest BCUT2D eigenvalue weighted by Crippen LogP contribution is -2.46. The van der Waals surface area contributed by atoms with E-state index in [9.17, 15) is 14.7 Å². The van der Waals surface area contributed by atoms with E-state index in [0.29, 0.717) is 30.2 Å². The number of nitrogens with zero attached hydrogens (tertiary/aromatic N) is 2. The first-order chi connectivity index (χ1) is 20.5. The van der Waals surface area contributed by atoms with Crippen molar-refractivity contribution in [3.63, 3.8) is 0 Å². The zero-order valence-corrected chi connectivity index (χ0v) is 24.8. The molecule has 2 heterocycles. The Morgan fingerprint density at radius 3 is 2.49 bits per heavy atom. The van der Waals surface area contributed by atoms with Gasteiger partial charge in [-0.2, -0.15) is 0 Å². The summed E-state index contributed by atoms with van der Waals surface area (Å²) < 4.78 is 12.3. The third-order valence-electron chi connectivity index (χ3n) is 8.63. The maximum absolute atomic E-state index is 12.8. The molecule has 3 aromatic carbocycles. The van der Waals surface area contributed by atoms with Gasteiger partial charge in [0.25, 0.3) is 0 Å². The molecule has 2 aliphatic rings. The lowest BCUT2D eigenvalue weighted by atomic mass is 9.73. The van der Waals surface area contributed by atoms with Crippen LogP contribution in [0.5, 0.6) is 5.75 Å². The Kier molecular flexibility index (Phi) is 7.24. The SMILES string of the molecule is CC(C)(C)OC(=O)N1CCC2(CC1)C[C@H](Oc1ccccc1CC(=O)O)c1cc(-c3ccc4ccnc(N)c4c3)ccc12. The summed E-state index contributed by atoms with van der Waals surface area (Å²) in [5.41, 5.74) is 10.5. The van der Waals surface area contributed by atoms with E-state index in [1.54, 1.807) is 17.2 Å². The van der Waals surface area contributed by atoms with Crippen LogP contribution >= 0.6 is 0 Å². The summed E-state index contributed by atoms with van der Waals surface area (Å²) in [5.74, 6) is 0.174. The lowest BCUT2D eigenvalue weighted by molar-refractivity contribution is -0.136. The number of carboxylic acid groups (broad SMARTS) is 1. The van der Waals surface area contributed by atoms with E-state index in [2.05, 4.69) is 41.4 Å². The van der Waals surface area contributed by atoms with Crippen LogP contribution in [0.15, 0.2) is 72.9 Å². The second-order valence-electron chi connectivity index (χ2n) is 12.7. The number of fused-ring (bicyclic) bond motifs is 3. The summed E-state index contributed by atoms with van der Waals surface area (Å²) in [7, 11) is 0. The molecule has 222 valence electrons. The first kappa shape index (κ1) is 28.5. The number of benzene rings is 3. The van der Waals surface area contributed by atoms with E-state index >= 15 is 0 Å². The Bertz CT molecular complexity index is 1700. The van der Waals surface area contributed by atoms with Gasteiger partial charge in [0.15, 0.2) is 0 Å². The van der Waals surface area contributed by atoms with Gasteiger partial charge in [0.05, 0.1) is 6.42 Å². The number of aliphatic carboxylic acids is 1. The fourth-order valence-electron chi connectivity index (χ4n) is 6.54. The van der Waals surface area contributed by atoms with Crippen molar-refractivity contribution in [1.29, 1.82) is 0 Å². The average molecular weight is 580 g/mol. The summed E-state index contributed by atoms with van der Waals surface area (Å²) in [5, 5.41) is 11.4. The van der Waals surface area contributed by atoms with Gasteiger partial charge >= 0.3 is 12.1 Å². The van der Waals surface area contributed by atoms with Gasteiger partial charge in [0.2, 0.25) is 0 Å². The second kappa shape index (κ2) is 10.9. The number of carbonyl (C=O) groups excluding carboxylic acids is 1. The fourth-order valence-corrected chi connectivity index (χ4v) is 6.54. The molecule has 0 radical (unpaired) electrons. The molecule has 1 aliphatic carbocycles. The number of para-hydroxylation sites is 1. The highest BCUT2D eigenvalue weighted by Crippen LogP contribution is 2.53. The van der Waals surface area contributed by atoms with Gasteiger partial charge < -0.3 is 25.2 Å². The molecule has 0 bridgehead atoms. The number of anilines is 1. The summed E-state index contributed by atoms with van der Waals surface area (Å²) in [6.45, 7) is 6.83. The number of carboxylic acids is 1. The topological polar surface area (TPSA) is 115 Å². The van der Waals surface area contributed by atoms with Crippen molar-refractivity contribution in [3.05, 3.63) is 89.6 Å². The number of amides is 1. The third kappa shape index (κ3) is 5.74. The molecule has 43 heavy (non-hydrogen) atoms. The Hall–Kier alpha value is -4.59.